The summed E-state index contributed by atoms with van der Waals surface area (Å²) in [5, 5.41) is 13.0. The van der Waals surface area contributed by atoms with E-state index in [-0.39, 0.29) is 0 Å². The highest BCUT2D eigenvalue weighted by Gasteiger charge is 2.04. The first kappa shape index (κ1) is 12.9. The summed E-state index contributed by atoms with van der Waals surface area (Å²) < 4.78 is 0.919. The second-order valence-corrected chi connectivity index (χ2v) is 5.21. The van der Waals surface area contributed by atoms with Crippen molar-refractivity contribution < 1.29 is 0 Å². The summed E-state index contributed by atoms with van der Waals surface area (Å²) in [6, 6.07) is 13.3. The summed E-state index contributed by atoms with van der Waals surface area (Å²) in [6.07, 6.45) is 0. The summed E-state index contributed by atoms with van der Waals surface area (Å²) in [6.45, 7) is 1.95. The fraction of sp³-hybridized carbons (Fsp3) is 0.0714. The van der Waals surface area contributed by atoms with Crippen LogP contribution in [-0.4, -0.2) is 0 Å². The van der Waals surface area contributed by atoms with E-state index in [1.807, 2.05) is 37.3 Å². The van der Waals surface area contributed by atoms with Gasteiger partial charge in [0.25, 0.3) is 0 Å². The minimum Gasteiger partial charge on any atom is -0.354 e. The number of halogens is 2. The standard InChI is InChI=1S/C14H10BrClN2/c1-9-2-5-12(7-13(9)16)18-14-6-11(15)4-3-10(14)8-17/h2-7,18H,1H3. The molecule has 0 heterocycles. The molecule has 2 aromatic carbocycles. The molecule has 0 aliphatic rings. The molecule has 0 aliphatic carbocycles. The molecule has 2 rings (SSSR count). The van der Waals surface area contributed by atoms with Crippen LogP contribution in [0.4, 0.5) is 11.4 Å². The van der Waals surface area contributed by atoms with Gasteiger partial charge in [-0.3, -0.25) is 0 Å². The highest BCUT2D eigenvalue weighted by atomic mass is 79.9. The average molecular weight is 322 g/mol. The molecule has 0 saturated heterocycles. The van der Waals surface area contributed by atoms with Gasteiger partial charge in [0.15, 0.2) is 0 Å². The molecule has 0 bridgehead atoms. The van der Waals surface area contributed by atoms with E-state index in [1.54, 1.807) is 6.07 Å². The van der Waals surface area contributed by atoms with Gasteiger partial charge in [0.2, 0.25) is 0 Å². The van der Waals surface area contributed by atoms with E-state index in [9.17, 15) is 0 Å². The minimum atomic E-state index is 0.592. The Morgan fingerprint density at radius 1 is 1.22 bits per heavy atom. The van der Waals surface area contributed by atoms with Crippen molar-refractivity contribution in [3.63, 3.8) is 0 Å². The second kappa shape index (κ2) is 5.43. The lowest BCUT2D eigenvalue weighted by atomic mass is 10.1. The monoisotopic (exact) mass is 320 g/mol. The molecule has 4 heteroatoms. The van der Waals surface area contributed by atoms with E-state index < -0.39 is 0 Å². The number of anilines is 2. The third kappa shape index (κ3) is 2.84. The van der Waals surface area contributed by atoms with Gasteiger partial charge in [-0.1, -0.05) is 33.6 Å². The van der Waals surface area contributed by atoms with E-state index in [4.69, 9.17) is 16.9 Å². The first-order chi connectivity index (χ1) is 8.60. The van der Waals surface area contributed by atoms with Crippen LogP contribution in [0.3, 0.4) is 0 Å². The molecule has 2 nitrogen and oxygen atoms in total. The largest absolute Gasteiger partial charge is 0.354 e. The Hall–Kier alpha value is -1.50. The number of nitrogens with zero attached hydrogens (tertiary/aromatic N) is 1. The van der Waals surface area contributed by atoms with E-state index in [1.165, 1.54) is 0 Å². The van der Waals surface area contributed by atoms with E-state index in [0.29, 0.717) is 10.6 Å². The summed E-state index contributed by atoms with van der Waals surface area (Å²) in [7, 11) is 0. The first-order valence-electron chi connectivity index (χ1n) is 5.33. The van der Waals surface area contributed by atoms with Crippen molar-refractivity contribution in [3.8, 4) is 6.07 Å². The summed E-state index contributed by atoms with van der Waals surface area (Å²) in [4.78, 5) is 0. The Morgan fingerprint density at radius 2 is 2.00 bits per heavy atom. The van der Waals surface area contributed by atoms with E-state index in [2.05, 4.69) is 27.3 Å². The number of nitriles is 1. The lowest BCUT2D eigenvalue weighted by Crippen LogP contribution is -1.94. The molecule has 0 aromatic heterocycles. The minimum absolute atomic E-state index is 0.592. The summed E-state index contributed by atoms with van der Waals surface area (Å²) >= 11 is 9.46. The fourth-order valence-electron chi connectivity index (χ4n) is 1.54. The third-order valence-corrected chi connectivity index (χ3v) is 3.45. The molecule has 0 amide bonds. The van der Waals surface area contributed by atoms with E-state index >= 15 is 0 Å². The molecule has 18 heavy (non-hydrogen) atoms. The smallest absolute Gasteiger partial charge is 0.101 e. The van der Waals surface area contributed by atoms with Gasteiger partial charge in [-0.05, 0) is 42.8 Å². The molecule has 0 atom stereocenters. The van der Waals surface area contributed by atoms with Crippen LogP contribution in [0.25, 0.3) is 0 Å². The third-order valence-electron chi connectivity index (χ3n) is 2.55. The molecule has 0 aliphatic heterocycles. The average Bonchev–Trinajstić information content (AvgIpc) is 2.34. The Labute approximate surface area is 119 Å². The Morgan fingerprint density at radius 3 is 2.67 bits per heavy atom. The zero-order chi connectivity index (χ0) is 13.1. The highest BCUT2D eigenvalue weighted by molar-refractivity contribution is 9.10. The van der Waals surface area contributed by atoms with Gasteiger partial charge in [0.05, 0.1) is 11.3 Å². The molecule has 90 valence electrons. The molecule has 0 fully saturated rings. The predicted molar refractivity (Wildman–Crippen MR) is 78.3 cm³/mol. The van der Waals surface area contributed by atoms with Crippen molar-refractivity contribution in [2.75, 3.05) is 5.32 Å². The zero-order valence-electron chi connectivity index (χ0n) is 9.67. The highest BCUT2D eigenvalue weighted by Crippen LogP contribution is 2.27. The van der Waals surface area contributed by atoms with Crippen molar-refractivity contribution in [2.24, 2.45) is 0 Å². The van der Waals surface area contributed by atoms with Gasteiger partial charge >= 0.3 is 0 Å². The SMILES string of the molecule is Cc1ccc(Nc2cc(Br)ccc2C#N)cc1Cl. The van der Waals surface area contributed by atoms with Gasteiger partial charge in [-0.2, -0.15) is 5.26 Å². The van der Waals surface area contributed by atoms with E-state index in [0.717, 1.165) is 21.4 Å². The maximum atomic E-state index is 9.05. The molecular formula is C14H10BrClN2. The van der Waals surface area contributed by atoms with Crippen LogP contribution in [0.2, 0.25) is 5.02 Å². The van der Waals surface area contributed by atoms with Crippen molar-refractivity contribution in [3.05, 3.63) is 57.0 Å². The van der Waals surface area contributed by atoms with Gasteiger partial charge in [0.1, 0.15) is 6.07 Å². The molecule has 2 aromatic rings. The Balaban J connectivity index is 2.36. The first-order valence-corrected chi connectivity index (χ1v) is 6.50. The number of nitrogens with one attached hydrogen (secondary N) is 1. The van der Waals surface area contributed by atoms with Crippen LogP contribution in [0.5, 0.6) is 0 Å². The summed E-state index contributed by atoms with van der Waals surface area (Å²) in [5.74, 6) is 0. The van der Waals surface area contributed by atoms with Crippen molar-refractivity contribution in [2.45, 2.75) is 6.92 Å². The molecular weight excluding hydrogens is 312 g/mol. The maximum Gasteiger partial charge on any atom is 0.101 e. The van der Waals surface area contributed by atoms with Gasteiger partial charge in [-0.25, -0.2) is 0 Å². The number of aryl methyl sites for hydroxylation is 1. The van der Waals surface area contributed by atoms with Crippen LogP contribution >= 0.6 is 27.5 Å². The van der Waals surface area contributed by atoms with Crippen LogP contribution in [0, 0.1) is 18.3 Å². The number of hydrogen-bond acceptors (Lipinski definition) is 2. The van der Waals surface area contributed by atoms with Crippen LogP contribution in [0.15, 0.2) is 40.9 Å². The lowest BCUT2D eigenvalue weighted by molar-refractivity contribution is 1.43. The van der Waals surface area contributed by atoms with Crippen LogP contribution in [-0.2, 0) is 0 Å². The second-order valence-electron chi connectivity index (χ2n) is 3.89. The molecule has 0 unspecified atom stereocenters. The number of hydrogen-bond donors (Lipinski definition) is 1. The van der Waals surface area contributed by atoms with Crippen molar-refractivity contribution >= 4 is 38.9 Å². The fourth-order valence-corrected chi connectivity index (χ4v) is 2.09. The Bertz CT molecular complexity index is 632. The van der Waals surface area contributed by atoms with Crippen molar-refractivity contribution in [1.29, 1.82) is 5.26 Å². The zero-order valence-corrected chi connectivity index (χ0v) is 12.0. The van der Waals surface area contributed by atoms with Crippen molar-refractivity contribution in [1.82, 2.24) is 0 Å². The lowest BCUT2D eigenvalue weighted by Gasteiger charge is -2.10. The molecule has 1 N–H and O–H groups in total. The van der Waals surface area contributed by atoms with Gasteiger partial charge in [0, 0.05) is 15.2 Å². The predicted octanol–water partition coefficient (Wildman–Crippen LogP) is 5.03. The Kier molecular flexibility index (Phi) is 3.90. The topological polar surface area (TPSA) is 35.8 Å². The molecule has 0 radical (unpaired) electrons. The van der Waals surface area contributed by atoms with Gasteiger partial charge < -0.3 is 5.32 Å². The van der Waals surface area contributed by atoms with Gasteiger partial charge in [-0.15, -0.1) is 0 Å². The normalized spacial score (nSPS) is 9.89. The molecule has 0 saturated carbocycles. The molecule has 0 spiro atoms. The number of rotatable bonds is 2. The summed E-state index contributed by atoms with van der Waals surface area (Å²) in [5.41, 5.74) is 3.24. The maximum absolute atomic E-state index is 9.05. The number of benzene rings is 2. The van der Waals surface area contributed by atoms with Crippen LogP contribution in [0.1, 0.15) is 11.1 Å². The quantitative estimate of drug-likeness (QED) is 0.842. The van der Waals surface area contributed by atoms with Crippen LogP contribution < -0.4 is 5.32 Å².